The number of nitrogens with zero attached hydrogens (tertiary/aromatic N) is 2. The first-order valence-corrected chi connectivity index (χ1v) is 13.5. The van der Waals surface area contributed by atoms with Crippen LogP contribution in [0.1, 0.15) is 59.9 Å². The molecule has 0 atom stereocenters. The first kappa shape index (κ1) is 30.1. The van der Waals surface area contributed by atoms with E-state index in [2.05, 4.69) is 82.9 Å². The van der Waals surface area contributed by atoms with Gasteiger partial charge in [0.1, 0.15) is 0 Å². The van der Waals surface area contributed by atoms with E-state index in [0.717, 1.165) is 10.5 Å². The van der Waals surface area contributed by atoms with E-state index in [1.54, 1.807) is 0 Å². The molecule has 0 aliphatic rings. The second kappa shape index (κ2) is 11.9. The van der Waals surface area contributed by atoms with Crippen molar-refractivity contribution in [3.63, 3.8) is 0 Å². The predicted molar refractivity (Wildman–Crippen MR) is 169 cm³/mol. The van der Waals surface area contributed by atoms with Crippen LogP contribution in [0.25, 0.3) is 5.70 Å². The lowest BCUT2D eigenvalue weighted by Gasteiger charge is -2.25. The topological polar surface area (TPSA) is 143 Å². The number of rotatable bonds is 8. The van der Waals surface area contributed by atoms with Gasteiger partial charge in [-0.05, 0) is 59.2 Å². The van der Waals surface area contributed by atoms with E-state index in [1.165, 1.54) is 62.6 Å². The van der Waals surface area contributed by atoms with Crippen molar-refractivity contribution in [2.45, 2.75) is 41.5 Å². The number of hydrazine groups is 1. The van der Waals surface area contributed by atoms with Crippen LogP contribution in [0, 0.1) is 41.5 Å². The molecule has 4 aromatic rings. The lowest BCUT2D eigenvalue weighted by atomic mass is 9.34. The number of hydrogen-bond acceptors (Lipinski definition) is 6. The van der Waals surface area contributed by atoms with Gasteiger partial charge < -0.3 is 15.9 Å². The van der Waals surface area contributed by atoms with Crippen molar-refractivity contribution in [1.82, 2.24) is 4.98 Å². The highest BCUT2D eigenvalue weighted by Gasteiger charge is 2.28. The number of hydrogen-bond donors (Lipinski definition) is 4. The second-order valence-corrected chi connectivity index (χ2v) is 10.9. The Labute approximate surface area is 246 Å². The molecule has 0 aliphatic heterocycles. The van der Waals surface area contributed by atoms with Crippen molar-refractivity contribution in [2.75, 3.05) is 5.01 Å². The summed E-state index contributed by atoms with van der Waals surface area (Å²) in [4.78, 5) is 26.5. The van der Waals surface area contributed by atoms with Crippen LogP contribution >= 0.6 is 0 Å². The quantitative estimate of drug-likeness (QED) is 0.145. The summed E-state index contributed by atoms with van der Waals surface area (Å²) in [5.41, 5.74) is 17.7. The highest BCUT2D eigenvalue weighted by atomic mass is 16.4. The first-order chi connectivity index (χ1) is 19.8. The number of aromatic carboxylic acids is 2. The summed E-state index contributed by atoms with van der Waals surface area (Å²) >= 11 is 0. The predicted octanol–water partition coefficient (Wildman–Crippen LogP) is 3.48. The van der Waals surface area contributed by atoms with Crippen LogP contribution in [-0.4, -0.2) is 33.8 Å². The van der Waals surface area contributed by atoms with Crippen LogP contribution in [0.2, 0.25) is 0 Å². The number of pyridine rings is 1. The molecule has 8 nitrogen and oxygen atoms in total. The van der Waals surface area contributed by atoms with Crippen molar-refractivity contribution in [2.24, 2.45) is 11.6 Å². The molecule has 0 amide bonds. The SMILES string of the molecule is Cc1cc(C)c(B(c2ccc(/C(N)=C/N(N)c3cc(C(=O)O)nc(C(=O)O)c3)cc2)c2c(C)cc(C)cc2C)c(C)c1. The van der Waals surface area contributed by atoms with Crippen molar-refractivity contribution < 1.29 is 19.8 Å². The molecule has 1 aromatic heterocycles. The van der Waals surface area contributed by atoms with Gasteiger partial charge in [0.25, 0.3) is 0 Å². The smallest absolute Gasteiger partial charge is 0.354 e. The summed E-state index contributed by atoms with van der Waals surface area (Å²) in [6.07, 6.45) is 1.42. The molecular weight excluding hydrogens is 527 g/mol. The monoisotopic (exact) mass is 562 g/mol. The standard InChI is InChI=1S/C33H35BN4O4/c1-18-11-20(3)30(21(4)12-18)34(31-22(5)13-19(2)14-23(31)6)25-9-7-24(8-10-25)27(35)17-38(36)26-15-28(32(39)40)37-29(16-26)33(41)42/h7-17H,35-36H2,1-6H3,(H,39,40)(H,41,42)/b27-17-. The van der Waals surface area contributed by atoms with Gasteiger partial charge in [0.2, 0.25) is 6.71 Å². The number of carboxylic acid groups (broad SMARTS) is 2. The second-order valence-electron chi connectivity index (χ2n) is 10.9. The van der Waals surface area contributed by atoms with Gasteiger partial charge in [-0.15, -0.1) is 0 Å². The summed E-state index contributed by atoms with van der Waals surface area (Å²) in [7, 11) is 0. The van der Waals surface area contributed by atoms with E-state index in [9.17, 15) is 19.8 Å². The molecule has 0 radical (unpaired) electrons. The third kappa shape index (κ3) is 6.21. The molecule has 6 N–H and O–H groups in total. The average Bonchev–Trinajstić information content (AvgIpc) is 2.90. The van der Waals surface area contributed by atoms with Crippen LogP contribution in [0.15, 0.2) is 66.9 Å². The number of nitrogens with two attached hydrogens (primary N) is 2. The molecule has 0 saturated heterocycles. The molecule has 1 heterocycles. The van der Waals surface area contributed by atoms with Crippen molar-refractivity contribution >= 4 is 46.4 Å². The van der Waals surface area contributed by atoms with Crippen molar-refractivity contribution in [3.8, 4) is 0 Å². The Morgan fingerprint density at radius 3 is 1.52 bits per heavy atom. The van der Waals surface area contributed by atoms with E-state index in [4.69, 9.17) is 11.6 Å². The van der Waals surface area contributed by atoms with Gasteiger partial charge in [-0.2, -0.15) is 0 Å². The van der Waals surface area contributed by atoms with Gasteiger partial charge in [-0.1, -0.05) is 98.3 Å². The lowest BCUT2D eigenvalue weighted by Crippen LogP contribution is -2.55. The van der Waals surface area contributed by atoms with Crippen LogP contribution in [0.4, 0.5) is 5.69 Å². The van der Waals surface area contributed by atoms with Crippen LogP contribution < -0.4 is 33.0 Å². The number of aryl methyl sites for hydroxylation is 6. The summed E-state index contributed by atoms with van der Waals surface area (Å²) in [6, 6.07) is 19.3. The number of aromatic nitrogens is 1. The molecule has 42 heavy (non-hydrogen) atoms. The fraction of sp³-hybridized carbons (Fsp3) is 0.182. The van der Waals surface area contributed by atoms with Crippen LogP contribution in [-0.2, 0) is 0 Å². The highest BCUT2D eigenvalue weighted by Crippen LogP contribution is 2.19. The normalized spacial score (nSPS) is 11.4. The Balaban J connectivity index is 1.77. The summed E-state index contributed by atoms with van der Waals surface area (Å²) in [6.45, 7) is 12.9. The lowest BCUT2D eigenvalue weighted by molar-refractivity contribution is 0.0685. The third-order valence-electron chi connectivity index (χ3n) is 7.46. The van der Waals surface area contributed by atoms with Gasteiger partial charge in [-0.3, -0.25) is 5.01 Å². The highest BCUT2D eigenvalue weighted by molar-refractivity contribution is 6.96. The maximum Gasteiger partial charge on any atom is 0.354 e. The molecule has 0 fully saturated rings. The van der Waals surface area contributed by atoms with Gasteiger partial charge in [0.15, 0.2) is 11.4 Å². The number of carboxylic acids is 2. The number of benzene rings is 3. The van der Waals surface area contributed by atoms with Crippen LogP contribution in [0.3, 0.4) is 0 Å². The Bertz CT molecular complexity index is 1600. The molecule has 214 valence electrons. The zero-order valence-electron chi connectivity index (χ0n) is 24.7. The fourth-order valence-electron chi connectivity index (χ4n) is 5.82. The minimum atomic E-state index is -1.37. The largest absolute Gasteiger partial charge is 0.477 e. The summed E-state index contributed by atoms with van der Waals surface area (Å²) in [5.74, 6) is 3.42. The van der Waals surface area contributed by atoms with Gasteiger partial charge in [0.05, 0.1) is 11.4 Å². The molecular formula is C33H35BN4O4. The Hall–Kier alpha value is -4.89. The van der Waals surface area contributed by atoms with E-state index >= 15 is 0 Å². The maximum atomic E-state index is 11.4. The van der Waals surface area contributed by atoms with E-state index in [1.807, 2.05) is 12.1 Å². The molecule has 3 aromatic carbocycles. The number of anilines is 1. The maximum absolute atomic E-state index is 11.4. The summed E-state index contributed by atoms with van der Waals surface area (Å²) in [5, 5.41) is 19.8. The Morgan fingerprint density at radius 1 is 0.738 bits per heavy atom. The van der Waals surface area contributed by atoms with E-state index in [0.29, 0.717) is 11.3 Å². The number of carbonyl (C=O) groups is 2. The average molecular weight is 562 g/mol. The zero-order valence-corrected chi connectivity index (χ0v) is 24.7. The minimum absolute atomic E-state index is 0.0113. The molecule has 0 aliphatic carbocycles. The van der Waals surface area contributed by atoms with Crippen molar-refractivity contribution in [3.05, 3.63) is 117 Å². The Morgan fingerprint density at radius 2 is 1.14 bits per heavy atom. The molecule has 0 saturated carbocycles. The zero-order chi connectivity index (χ0) is 30.9. The first-order valence-electron chi connectivity index (χ1n) is 13.5. The fourth-order valence-corrected chi connectivity index (χ4v) is 5.82. The van der Waals surface area contributed by atoms with E-state index in [-0.39, 0.29) is 12.4 Å². The molecule has 0 spiro atoms. The molecule has 9 heteroatoms. The van der Waals surface area contributed by atoms with Gasteiger partial charge in [0, 0.05) is 6.20 Å². The van der Waals surface area contributed by atoms with Crippen molar-refractivity contribution in [1.29, 1.82) is 0 Å². The van der Waals surface area contributed by atoms with Gasteiger partial charge in [-0.25, -0.2) is 20.4 Å². The summed E-state index contributed by atoms with van der Waals surface area (Å²) < 4.78 is 0. The van der Waals surface area contributed by atoms with E-state index < -0.39 is 23.3 Å². The third-order valence-corrected chi connectivity index (χ3v) is 7.46. The van der Waals surface area contributed by atoms with Crippen LogP contribution in [0.5, 0.6) is 0 Å². The molecule has 0 bridgehead atoms. The molecule has 0 unspecified atom stereocenters. The van der Waals surface area contributed by atoms with Gasteiger partial charge >= 0.3 is 11.9 Å². The minimum Gasteiger partial charge on any atom is -0.477 e. The Kier molecular flexibility index (Phi) is 8.54. The molecule has 4 rings (SSSR count).